The lowest BCUT2D eigenvalue weighted by molar-refractivity contribution is -0.143. The molecule has 1 aliphatic heterocycles. The van der Waals surface area contributed by atoms with Gasteiger partial charge in [0.25, 0.3) is 0 Å². The van der Waals surface area contributed by atoms with Gasteiger partial charge in [-0.3, -0.25) is 19.5 Å². The Morgan fingerprint density at radius 3 is 2.47 bits per heavy atom. The van der Waals surface area contributed by atoms with Crippen LogP contribution in [0.1, 0.15) is 82.4 Å². The summed E-state index contributed by atoms with van der Waals surface area (Å²) in [6.07, 6.45) is 10.8. The van der Waals surface area contributed by atoms with E-state index in [0.29, 0.717) is 19.3 Å². The van der Waals surface area contributed by atoms with Gasteiger partial charge in [-0.15, -0.1) is 0 Å². The Morgan fingerprint density at radius 2 is 1.76 bits per heavy atom. The largest absolute Gasteiger partial charge is 0.507 e. The zero-order valence-electron chi connectivity index (χ0n) is 26.1. The van der Waals surface area contributed by atoms with E-state index in [1.165, 1.54) is 0 Å². The molecule has 236 valence electrons. The molecule has 1 saturated heterocycles. The first-order valence-electron chi connectivity index (χ1n) is 16.6. The summed E-state index contributed by atoms with van der Waals surface area (Å²) in [6.45, 7) is 1.80. The molecule has 2 aliphatic carbocycles. The van der Waals surface area contributed by atoms with E-state index in [2.05, 4.69) is 18.0 Å². The number of aromatic hydroxyl groups is 1. The standard InChI is InChI=1S/C38H44N2O5/c1-2-10-26-22-30-36(38(45)40(37(30)44)27-11-4-3-5-12-27)31(23-41)35(26)34(43)19-17-25(32-15-8-9-20-39-32)21-24-16-18-33(42)29-14-7-6-13-28(24)29/h6-9,13-16,18,20-21,27,30-31,34,36,41-43H,2-5,10-12,17,19,22-23H2,1H3/b25-21-/t30-,31+,34-,36-/m1/s1. The number of aromatic nitrogens is 1. The van der Waals surface area contributed by atoms with Crippen LogP contribution >= 0.6 is 0 Å². The fourth-order valence-electron chi connectivity index (χ4n) is 8.12. The molecule has 7 heteroatoms. The number of carbonyl (C=O) groups excluding carboxylic acids is 2. The number of aliphatic hydroxyl groups is 2. The van der Waals surface area contributed by atoms with Gasteiger partial charge < -0.3 is 15.3 Å². The molecule has 3 N–H and O–H groups in total. The van der Waals surface area contributed by atoms with Crippen LogP contribution in [0, 0.1) is 17.8 Å². The van der Waals surface area contributed by atoms with Gasteiger partial charge >= 0.3 is 0 Å². The summed E-state index contributed by atoms with van der Waals surface area (Å²) < 4.78 is 0. The van der Waals surface area contributed by atoms with Gasteiger partial charge in [0.2, 0.25) is 11.8 Å². The molecule has 45 heavy (non-hydrogen) atoms. The molecule has 4 atom stereocenters. The summed E-state index contributed by atoms with van der Waals surface area (Å²) in [4.78, 5) is 33.8. The van der Waals surface area contributed by atoms with Crippen molar-refractivity contribution in [2.24, 2.45) is 17.8 Å². The maximum Gasteiger partial charge on any atom is 0.234 e. The molecule has 0 spiro atoms. The van der Waals surface area contributed by atoms with Crippen LogP contribution in [0.15, 0.2) is 71.9 Å². The van der Waals surface area contributed by atoms with Crippen molar-refractivity contribution in [1.82, 2.24) is 9.88 Å². The molecule has 2 heterocycles. The van der Waals surface area contributed by atoms with Crippen LogP contribution in [-0.2, 0) is 9.59 Å². The lowest BCUT2D eigenvalue weighted by Gasteiger charge is -2.36. The van der Waals surface area contributed by atoms with Gasteiger partial charge in [-0.1, -0.05) is 74.6 Å². The molecular formula is C38H44N2O5. The van der Waals surface area contributed by atoms with Crippen LogP contribution in [0.5, 0.6) is 5.75 Å². The van der Waals surface area contributed by atoms with Crippen molar-refractivity contribution < 1.29 is 24.9 Å². The lowest BCUT2D eigenvalue weighted by atomic mass is 9.67. The Morgan fingerprint density at radius 1 is 1.00 bits per heavy atom. The van der Waals surface area contributed by atoms with E-state index in [1.54, 1.807) is 17.2 Å². The van der Waals surface area contributed by atoms with Crippen molar-refractivity contribution in [2.75, 3.05) is 6.61 Å². The number of nitrogens with zero attached hydrogens (tertiary/aromatic N) is 2. The number of carbonyl (C=O) groups is 2. The monoisotopic (exact) mass is 608 g/mol. The van der Waals surface area contributed by atoms with Crippen molar-refractivity contribution in [3.05, 3.63) is 83.2 Å². The van der Waals surface area contributed by atoms with Crippen LogP contribution in [0.3, 0.4) is 0 Å². The van der Waals surface area contributed by atoms with Gasteiger partial charge in [0.1, 0.15) is 5.75 Å². The van der Waals surface area contributed by atoms with Crippen molar-refractivity contribution in [1.29, 1.82) is 0 Å². The SMILES string of the molecule is CCCC1=C([C@H](O)CC/C(=C/c2ccc(O)c3ccccc23)c2ccccn2)[C@H](CO)[C@@H]2C(=O)N(C3CCCCC3)C(=O)[C@@H]2C1. The first kappa shape index (κ1) is 31.2. The van der Waals surface area contributed by atoms with Crippen molar-refractivity contribution in [3.8, 4) is 5.75 Å². The van der Waals surface area contributed by atoms with E-state index in [0.717, 1.165) is 83.7 Å². The zero-order chi connectivity index (χ0) is 31.5. The molecule has 3 aliphatic rings. The Balaban J connectivity index is 1.31. The minimum Gasteiger partial charge on any atom is -0.507 e. The minimum absolute atomic E-state index is 0.0475. The molecule has 3 aromatic rings. The molecule has 1 aromatic heterocycles. The number of imide groups is 1. The van der Waals surface area contributed by atoms with E-state index < -0.39 is 23.9 Å². The third-order valence-electron chi connectivity index (χ3n) is 10.2. The number of allylic oxidation sites excluding steroid dienone is 2. The number of phenols is 1. The fourth-order valence-corrected chi connectivity index (χ4v) is 8.12. The summed E-state index contributed by atoms with van der Waals surface area (Å²) >= 11 is 0. The second-order valence-corrected chi connectivity index (χ2v) is 12.9. The van der Waals surface area contributed by atoms with Gasteiger partial charge in [0.15, 0.2) is 0 Å². The van der Waals surface area contributed by atoms with Crippen LogP contribution in [-0.4, -0.2) is 55.8 Å². The number of likely N-dealkylation sites (tertiary alicyclic amines) is 1. The molecule has 6 rings (SSSR count). The van der Waals surface area contributed by atoms with Gasteiger partial charge in [0.05, 0.1) is 30.2 Å². The average molecular weight is 609 g/mol. The highest BCUT2D eigenvalue weighted by Gasteiger charge is 2.56. The number of hydrogen-bond acceptors (Lipinski definition) is 6. The normalized spacial score (nSPS) is 23.6. The Kier molecular flexibility index (Phi) is 9.47. The topological polar surface area (TPSA) is 111 Å². The van der Waals surface area contributed by atoms with Crippen molar-refractivity contribution in [2.45, 2.75) is 83.3 Å². The van der Waals surface area contributed by atoms with Crippen LogP contribution in [0.2, 0.25) is 0 Å². The van der Waals surface area contributed by atoms with E-state index in [-0.39, 0.29) is 30.2 Å². The molecule has 0 radical (unpaired) electrons. The van der Waals surface area contributed by atoms with Crippen LogP contribution in [0.25, 0.3) is 22.4 Å². The molecule has 2 fully saturated rings. The molecule has 0 bridgehead atoms. The molecule has 2 aromatic carbocycles. The molecule has 0 unspecified atom stereocenters. The van der Waals surface area contributed by atoms with Gasteiger partial charge in [0, 0.05) is 23.5 Å². The second-order valence-electron chi connectivity index (χ2n) is 12.9. The van der Waals surface area contributed by atoms with Crippen LogP contribution < -0.4 is 0 Å². The van der Waals surface area contributed by atoms with Gasteiger partial charge in [-0.2, -0.15) is 0 Å². The molecule has 1 saturated carbocycles. The number of pyridine rings is 1. The maximum atomic E-state index is 13.9. The predicted molar refractivity (Wildman–Crippen MR) is 176 cm³/mol. The van der Waals surface area contributed by atoms with E-state index in [1.807, 2.05) is 48.5 Å². The van der Waals surface area contributed by atoms with Gasteiger partial charge in [-0.25, -0.2) is 0 Å². The highest BCUT2D eigenvalue weighted by Crippen LogP contribution is 2.48. The minimum atomic E-state index is -0.875. The average Bonchev–Trinajstić information content (AvgIpc) is 3.32. The molecule has 7 nitrogen and oxygen atoms in total. The lowest BCUT2D eigenvalue weighted by Crippen LogP contribution is -2.42. The number of amides is 2. The number of phenolic OH excluding ortho intramolecular Hbond substituents is 1. The first-order chi connectivity index (χ1) is 21.9. The predicted octanol–water partition coefficient (Wildman–Crippen LogP) is 6.66. The second kappa shape index (κ2) is 13.7. The van der Waals surface area contributed by atoms with Crippen molar-refractivity contribution in [3.63, 3.8) is 0 Å². The van der Waals surface area contributed by atoms with E-state index >= 15 is 0 Å². The summed E-state index contributed by atoms with van der Waals surface area (Å²) in [6, 6.07) is 17.0. The summed E-state index contributed by atoms with van der Waals surface area (Å²) in [5.41, 5.74) is 4.45. The van der Waals surface area contributed by atoms with E-state index in [9.17, 15) is 24.9 Å². The number of fused-ring (bicyclic) bond motifs is 2. The first-order valence-corrected chi connectivity index (χ1v) is 16.6. The Hall–Kier alpha value is -3.81. The molecular weight excluding hydrogens is 564 g/mol. The smallest absolute Gasteiger partial charge is 0.234 e. The number of rotatable bonds is 10. The number of hydrogen-bond donors (Lipinski definition) is 3. The van der Waals surface area contributed by atoms with E-state index in [4.69, 9.17) is 0 Å². The maximum absolute atomic E-state index is 13.9. The van der Waals surface area contributed by atoms with Crippen LogP contribution in [0.4, 0.5) is 0 Å². The van der Waals surface area contributed by atoms with Gasteiger partial charge in [-0.05, 0) is 84.9 Å². The summed E-state index contributed by atoms with van der Waals surface area (Å²) in [5, 5.41) is 34.7. The third-order valence-corrected chi connectivity index (χ3v) is 10.2. The molecule has 2 amide bonds. The zero-order valence-corrected chi connectivity index (χ0v) is 26.1. The Labute approximate surface area is 265 Å². The van der Waals surface area contributed by atoms with Crippen molar-refractivity contribution >= 4 is 34.2 Å². The third kappa shape index (κ3) is 6.08. The quantitative estimate of drug-likeness (QED) is 0.175. The highest BCUT2D eigenvalue weighted by molar-refractivity contribution is 6.06. The summed E-state index contributed by atoms with van der Waals surface area (Å²) in [7, 11) is 0. The summed E-state index contributed by atoms with van der Waals surface area (Å²) in [5.74, 6) is -1.68. The fraction of sp³-hybridized carbons (Fsp3) is 0.447. The highest BCUT2D eigenvalue weighted by atomic mass is 16.3. The number of aliphatic hydroxyl groups excluding tert-OH is 2. The Bertz CT molecular complexity index is 1610. The number of benzene rings is 2.